The predicted octanol–water partition coefficient (Wildman–Crippen LogP) is 4.54. The number of aliphatic hydroxyl groups is 2. The Morgan fingerprint density at radius 2 is 1.84 bits per heavy atom. The smallest absolute Gasteiger partial charge is 0.263 e. The number of rotatable bonds is 6. The van der Waals surface area contributed by atoms with Crippen molar-refractivity contribution in [3.8, 4) is 0 Å². The molecule has 0 aliphatic heterocycles. The number of thiazole rings is 1. The Hall–Kier alpha value is -2.43. The van der Waals surface area contributed by atoms with E-state index in [0.29, 0.717) is 25.0 Å². The lowest BCUT2D eigenvalue weighted by molar-refractivity contribution is -0.144. The van der Waals surface area contributed by atoms with E-state index in [2.05, 4.69) is 17.6 Å². The van der Waals surface area contributed by atoms with Gasteiger partial charge in [-0.2, -0.15) is 0 Å². The molecule has 2 aromatic rings. The van der Waals surface area contributed by atoms with Crippen LogP contribution in [-0.4, -0.2) is 45.8 Å². The number of halogens is 2. The zero-order valence-corrected chi connectivity index (χ0v) is 22.5. The van der Waals surface area contributed by atoms with Crippen molar-refractivity contribution in [1.29, 1.82) is 0 Å². The van der Waals surface area contributed by atoms with E-state index in [4.69, 9.17) is 4.98 Å². The molecule has 4 N–H and O–H groups in total. The number of benzene rings is 1. The number of fused-ring (bicyclic) bond motifs is 2. The highest BCUT2D eigenvalue weighted by atomic mass is 32.1. The third-order valence-electron chi connectivity index (χ3n) is 9.41. The van der Waals surface area contributed by atoms with Crippen LogP contribution in [0.4, 0.5) is 13.9 Å². The van der Waals surface area contributed by atoms with Crippen molar-refractivity contribution in [2.75, 3.05) is 11.9 Å². The van der Waals surface area contributed by atoms with Gasteiger partial charge in [0.2, 0.25) is 5.91 Å². The van der Waals surface area contributed by atoms with Crippen LogP contribution in [0, 0.1) is 28.4 Å². The molecule has 0 saturated heterocycles. The molecule has 10 heteroatoms. The fraction of sp³-hybridized carbons (Fsp3) is 0.607. The Bertz CT molecular complexity index is 1210. The van der Waals surface area contributed by atoms with Gasteiger partial charge in [-0.05, 0) is 55.6 Å². The highest BCUT2D eigenvalue weighted by Gasteiger charge is 2.59. The number of hydrogen-bond donors (Lipinski definition) is 4. The van der Waals surface area contributed by atoms with E-state index in [1.165, 1.54) is 17.4 Å². The number of amides is 2. The maximum Gasteiger partial charge on any atom is 0.263 e. The summed E-state index contributed by atoms with van der Waals surface area (Å²) in [6.45, 7) is 3.81. The molecule has 5 atom stereocenters. The minimum absolute atomic E-state index is 0.0569. The molecule has 0 bridgehead atoms. The van der Waals surface area contributed by atoms with E-state index in [0.717, 1.165) is 42.7 Å². The van der Waals surface area contributed by atoms with Gasteiger partial charge in [0.25, 0.3) is 5.91 Å². The molecule has 1 heterocycles. The van der Waals surface area contributed by atoms with Crippen molar-refractivity contribution in [2.24, 2.45) is 16.7 Å². The number of aromatic nitrogens is 1. The van der Waals surface area contributed by atoms with Crippen LogP contribution in [-0.2, 0) is 11.2 Å². The van der Waals surface area contributed by atoms with E-state index >= 15 is 0 Å². The second kappa shape index (κ2) is 10.3. The molecule has 3 aliphatic carbocycles. The number of hydrogen-bond acceptors (Lipinski definition) is 6. The van der Waals surface area contributed by atoms with Crippen LogP contribution in [0.25, 0.3) is 0 Å². The van der Waals surface area contributed by atoms with Crippen molar-refractivity contribution in [3.05, 3.63) is 46.0 Å². The van der Waals surface area contributed by atoms with Gasteiger partial charge in [0.15, 0.2) is 5.13 Å². The average Bonchev–Trinajstić information content (AvgIpc) is 3.52. The molecule has 0 spiro atoms. The van der Waals surface area contributed by atoms with Gasteiger partial charge in [-0.1, -0.05) is 32.8 Å². The van der Waals surface area contributed by atoms with Gasteiger partial charge in [-0.3, -0.25) is 14.9 Å². The largest absolute Gasteiger partial charge is 0.396 e. The van der Waals surface area contributed by atoms with Gasteiger partial charge >= 0.3 is 0 Å². The molecule has 2 fully saturated rings. The normalized spacial score (nSPS) is 30.9. The quantitative estimate of drug-likeness (QED) is 0.425. The highest BCUT2D eigenvalue weighted by Crippen LogP contribution is 2.62. The second-order valence-corrected chi connectivity index (χ2v) is 12.7. The maximum absolute atomic E-state index is 14.2. The predicted molar refractivity (Wildman–Crippen MR) is 140 cm³/mol. The fourth-order valence-corrected chi connectivity index (χ4v) is 8.18. The molecular formula is C28H35F2N3O4S. The summed E-state index contributed by atoms with van der Waals surface area (Å²) in [7, 11) is 0. The Labute approximate surface area is 225 Å². The molecule has 2 saturated carbocycles. The van der Waals surface area contributed by atoms with Crippen LogP contribution in [0.1, 0.15) is 85.6 Å². The first-order valence-electron chi connectivity index (χ1n) is 13.4. The van der Waals surface area contributed by atoms with Crippen LogP contribution in [0.15, 0.2) is 18.2 Å². The average molecular weight is 548 g/mol. The molecule has 38 heavy (non-hydrogen) atoms. The summed E-state index contributed by atoms with van der Waals surface area (Å²) in [5.41, 5.74) is -1.17. The van der Waals surface area contributed by atoms with Crippen molar-refractivity contribution in [2.45, 2.75) is 83.3 Å². The van der Waals surface area contributed by atoms with Gasteiger partial charge < -0.3 is 15.5 Å². The topological polar surface area (TPSA) is 112 Å². The first-order chi connectivity index (χ1) is 18.1. The fourth-order valence-electron chi connectivity index (χ4n) is 7.12. The molecule has 5 rings (SSSR count). The maximum atomic E-state index is 14.2. The molecular weight excluding hydrogens is 512 g/mol. The first kappa shape index (κ1) is 27.1. The Morgan fingerprint density at radius 1 is 1.16 bits per heavy atom. The number of anilines is 1. The number of nitrogens with one attached hydrogen (secondary N) is 2. The lowest BCUT2D eigenvalue weighted by Gasteiger charge is -2.58. The van der Waals surface area contributed by atoms with Crippen molar-refractivity contribution in [1.82, 2.24) is 10.3 Å². The lowest BCUT2D eigenvalue weighted by atomic mass is 9.47. The number of aliphatic hydroxyl groups excluding tert-OH is 2. The van der Waals surface area contributed by atoms with E-state index in [-0.39, 0.29) is 41.9 Å². The second-order valence-electron chi connectivity index (χ2n) is 11.7. The third kappa shape index (κ3) is 4.64. The monoisotopic (exact) mass is 547 g/mol. The van der Waals surface area contributed by atoms with Gasteiger partial charge in [0.1, 0.15) is 17.2 Å². The van der Waals surface area contributed by atoms with E-state index in [1.54, 1.807) is 0 Å². The molecule has 1 aromatic heterocycles. The standard InChI is InChI=1S/C28H35F2N3O4S/c1-27-11-10-21(35)28(2,14-34)20(27)13-19-24(16(27)12-22(36)31-15-6-3-4-7-15)32-26(38-19)33-25(37)23-17(29)8-5-9-18(23)30/h5,8-9,15-16,20-21,34-35H,3-4,6-7,10-14H2,1-2H3,(H,31,36)(H,32,33,37). The molecule has 5 unspecified atom stereocenters. The Kier molecular flexibility index (Phi) is 7.34. The van der Waals surface area contributed by atoms with Crippen LogP contribution in [0.2, 0.25) is 0 Å². The molecule has 2 amide bonds. The van der Waals surface area contributed by atoms with Crippen LogP contribution in [0.3, 0.4) is 0 Å². The van der Waals surface area contributed by atoms with Crippen LogP contribution < -0.4 is 10.6 Å². The van der Waals surface area contributed by atoms with Gasteiger partial charge in [0, 0.05) is 28.7 Å². The highest BCUT2D eigenvalue weighted by molar-refractivity contribution is 7.15. The van der Waals surface area contributed by atoms with Crippen LogP contribution in [0.5, 0.6) is 0 Å². The molecule has 7 nitrogen and oxygen atoms in total. The minimum Gasteiger partial charge on any atom is -0.396 e. The zero-order valence-electron chi connectivity index (χ0n) is 21.7. The number of carbonyl (C=O) groups is 2. The van der Waals surface area contributed by atoms with E-state index < -0.39 is 40.0 Å². The van der Waals surface area contributed by atoms with Gasteiger partial charge in [-0.15, -0.1) is 11.3 Å². The Morgan fingerprint density at radius 3 is 2.50 bits per heavy atom. The summed E-state index contributed by atoms with van der Waals surface area (Å²) in [6, 6.07) is 3.41. The third-order valence-corrected chi connectivity index (χ3v) is 10.4. The minimum atomic E-state index is -0.962. The number of carbonyl (C=O) groups excluding carboxylic acids is 2. The molecule has 3 aliphatic rings. The van der Waals surface area contributed by atoms with Gasteiger partial charge in [-0.25, -0.2) is 13.8 Å². The summed E-state index contributed by atoms with van der Waals surface area (Å²) in [4.78, 5) is 31.6. The van der Waals surface area contributed by atoms with Gasteiger partial charge in [0.05, 0.1) is 18.4 Å². The zero-order chi connectivity index (χ0) is 27.2. The summed E-state index contributed by atoms with van der Waals surface area (Å²) >= 11 is 1.22. The van der Waals surface area contributed by atoms with E-state index in [1.807, 2.05) is 6.92 Å². The van der Waals surface area contributed by atoms with E-state index in [9.17, 15) is 28.6 Å². The molecule has 1 aromatic carbocycles. The first-order valence-corrected chi connectivity index (χ1v) is 14.2. The molecule has 206 valence electrons. The van der Waals surface area contributed by atoms with Crippen molar-refractivity contribution in [3.63, 3.8) is 0 Å². The van der Waals surface area contributed by atoms with Crippen molar-refractivity contribution >= 4 is 28.3 Å². The lowest BCUT2D eigenvalue weighted by Crippen LogP contribution is -2.57. The summed E-state index contributed by atoms with van der Waals surface area (Å²) in [6.07, 6.45) is 5.33. The Balaban J connectivity index is 1.49. The SMILES string of the molecule is CC1(CO)C(O)CCC2(C)C(CC(=O)NC3CCCC3)c3nc(NC(=O)c4c(F)cccc4F)sc3CC12. The van der Waals surface area contributed by atoms with Crippen molar-refractivity contribution < 1.29 is 28.6 Å². The summed E-state index contributed by atoms with van der Waals surface area (Å²) in [5.74, 6) is -3.34. The molecule has 0 radical (unpaired) electrons. The summed E-state index contributed by atoms with van der Waals surface area (Å²) < 4.78 is 28.4. The summed E-state index contributed by atoms with van der Waals surface area (Å²) in [5, 5.41) is 27.2. The van der Waals surface area contributed by atoms with Crippen LogP contribution >= 0.6 is 11.3 Å². The number of nitrogens with zero attached hydrogens (tertiary/aromatic N) is 1.